The zero-order chi connectivity index (χ0) is 14.1. The van der Waals surface area contributed by atoms with Crippen molar-refractivity contribution in [3.05, 3.63) is 28.9 Å². The van der Waals surface area contributed by atoms with E-state index in [0.717, 1.165) is 34.2 Å². The number of aromatic nitrogens is 1. The van der Waals surface area contributed by atoms with E-state index in [-0.39, 0.29) is 0 Å². The SMILES string of the molecule is CN1CCC(CNc2c(N)cnc3ccc(Br)cc23)C1. The summed E-state index contributed by atoms with van der Waals surface area (Å²) < 4.78 is 1.04. The van der Waals surface area contributed by atoms with Gasteiger partial charge in [-0.3, -0.25) is 4.98 Å². The Balaban J connectivity index is 1.86. The van der Waals surface area contributed by atoms with Crippen molar-refractivity contribution < 1.29 is 0 Å². The van der Waals surface area contributed by atoms with Crippen LogP contribution in [0.15, 0.2) is 28.9 Å². The van der Waals surface area contributed by atoms with E-state index in [1.165, 1.54) is 13.0 Å². The highest BCUT2D eigenvalue weighted by Crippen LogP contribution is 2.30. The van der Waals surface area contributed by atoms with Gasteiger partial charge >= 0.3 is 0 Å². The number of likely N-dealkylation sites (tertiary alicyclic amines) is 1. The molecule has 1 unspecified atom stereocenters. The fraction of sp³-hybridized carbons (Fsp3) is 0.400. The minimum atomic E-state index is 0.690. The zero-order valence-corrected chi connectivity index (χ0v) is 13.2. The highest BCUT2D eigenvalue weighted by Gasteiger charge is 2.19. The first-order valence-corrected chi connectivity index (χ1v) is 7.69. The normalized spacial score (nSPS) is 19.6. The molecular weight excluding hydrogens is 316 g/mol. The summed E-state index contributed by atoms with van der Waals surface area (Å²) in [6.07, 6.45) is 2.98. The van der Waals surface area contributed by atoms with Crippen molar-refractivity contribution in [3.63, 3.8) is 0 Å². The lowest BCUT2D eigenvalue weighted by atomic mass is 10.1. The Morgan fingerprint density at radius 2 is 2.35 bits per heavy atom. The second-order valence-electron chi connectivity index (χ2n) is 5.55. The second kappa shape index (κ2) is 5.58. The van der Waals surface area contributed by atoms with Gasteiger partial charge in [-0.05, 0) is 44.1 Å². The average Bonchev–Trinajstić information content (AvgIpc) is 2.83. The first-order chi connectivity index (χ1) is 9.63. The predicted octanol–water partition coefficient (Wildman–Crippen LogP) is 2.94. The molecule has 106 valence electrons. The van der Waals surface area contributed by atoms with Crippen LogP contribution in [0.3, 0.4) is 0 Å². The summed E-state index contributed by atoms with van der Waals surface area (Å²) in [5.41, 5.74) is 8.78. The van der Waals surface area contributed by atoms with Gasteiger partial charge in [0, 0.05) is 22.9 Å². The van der Waals surface area contributed by atoms with Crippen molar-refractivity contribution in [1.82, 2.24) is 9.88 Å². The number of rotatable bonds is 3. The summed E-state index contributed by atoms with van der Waals surface area (Å²) in [5, 5.41) is 4.61. The maximum atomic E-state index is 6.10. The fourth-order valence-electron chi connectivity index (χ4n) is 2.82. The molecular formula is C15H19BrN4. The number of anilines is 2. The third kappa shape index (κ3) is 2.74. The summed E-state index contributed by atoms with van der Waals surface area (Å²) in [4.78, 5) is 6.75. The Kier molecular flexibility index (Phi) is 3.81. The number of nitrogens with two attached hydrogens (primary N) is 1. The van der Waals surface area contributed by atoms with E-state index in [9.17, 15) is 0 Å². The van der Waals surface area contributed by atoms with Crippen LogP contribution in [0, 0.1) is 5.92 Å². The van der Waals surface area contributed by atoms with Gasteiger partial charge in [0.1, 0.15) is 0 Å². The quantitative estimate of drug-likeness (QED) is 0.906. The summed E-state index contributed by atoms with van der Waals surface area (Å²) >= 11 is 3.51. The minimum Gasteiger partial charge on any atom is -0.396 e. The zero-order valence-electron chi connectivity index (χ0n) is 11.6. The molecule has 0 saturated carbocycles. The molecule has 1 aromatic carbocycles. The largest absolute Gasteiger partial charge is 0.396 e. The number of halogens is 1. The predicted molar refractivity (Wildman–Crippen MR) is 87.9 cm³/mol. The molecule has 1 saturated heterocycles. The summed E-state index contributed by atoms with van der Waals surface area (Å²) in [6.45, 7) is 3.30. The Morgan fingerprint density at radius 3 is 3.10 bits per heavy atom. The summed E-state index contributed by atoms with van der Waals surface area (Å²) in [6, 6.07) is 6.08. The Morgan fingerprint density at radius 1 is 1.50 bits per heavy atom. The Bertz CT molecular complexity index is 623. The number of benzene rings is 1. The maximum absolute atomic E-state index is 6.10. The standard InChI is InChI=1S/C15H19BrN4/c1-20-5-4-10(9-20)7-19-15-12-6-11(16)2-3-14(12)18-8-13(15)17/h2-3,6,8,10H,4-5,7,9,17H2,1H3,(H,18,19). The molecule has 2 heterocycles. The lowest BCUT2D eigenvalue weighted by molar-refractivity contribution is 0.399. The Labute approximate surface area is 127 Å². The van der Waals surface area contributed by atoms with Crippen molar-refractivity contribution in [2.75, 3.05) is 37.7 Å². The molecule has 3 rings (SSSR count). The first kappa shape index (κ1) is 13.6. The van der Waals surface area contributed by atoms with Crippen LogP contribution < -0.4 is 11.1 Å². The summed E-state index contributed by atoms with van der Waals surface area (Å²) in [7, 11) is 2.17. The van der Waals surface area contributed by atoms with E-state index in [4.69, 9.17) is 5.73 Å². The molecule has 1 aliphatic heterocycles. The average molecular weight is 335 g/mol. The van der Waals surface area contributed by atoms with Crippen molar-refractivity contribution in [2.45, 2.75) is 6.42 Å². The first-order valence-electron chi connectivity index (χ1n) is 6.89. The highest BCUT2D eigenvalue weighted by molar-refractivity contribution is 9.10. The molecule has 1 atom stereocenters. The number of hydrogen-bond acceptors (Lipinski definition) is 4. The molecule has 4 nitrogen and oxygen atoms in total. The van der Waals surface area contributed by atoms with Gasteiger partial charge in [-0.1, -0.05) is 15.9 Å². The second-order valence-corrected chi connectivity index (χ2v) is 6.46. The molecule has 0 spiro atoms. The number of nitrogen functional groups attached to an aromatic ring is 1. The number of fused-ring (bicyclic) bond motifs is 1. The monoisotopic (exact) mass is 334 g/mol. The van der Waals surface area contributed by atoms with E-state index < -0.39 is 0 Å². The fourth-order valence-corrected chi connectivity index (χ4v) is 3.18. The Hall–Kier alpha value is -1.33. The lowest BCUT2D eigenvalue weighted by Crippen LogP contribution is -2.19. The van der Waals surface area contributed by atoms with Gasteiger partial charge < -0.3 is 16.0 Å². The molecule has 2 aromatic rings. The molecule has 0 radical (unpaired) electrons. The van der Waals surface area contributed by atoms with Crippen LogP contribution in [0.25, 0.3) is 10.9 Å². The van der Waals surface area contributed by atoms with Gasteiger partial charge in [0.2, 0.25) is 0 Å². The van der Waals surface area contributed by atoms with Crippen molar-refractivity contribution in [2.24, 2.45) is 5.92 Å². The van der Waals surface area contributed by atoms with E-state index in [0.29, 0.717) is 11.6 Å². The molecule has 0 amide bonds. The van der Waals surface area contributed by atoms with Gasteiger partial charge in [0.15, 0.2) is 0 Å². The van der Waals surface area contributed by atoms with Crippen molar-refractivity contribution in [3.8, 4) is 0 Å². The van der Waals surface area contributed by atoms with Crippen LogP contribution in [0.4, 0.5) is 11.4 Å². The maximum Gasteiger partial charge on any atom is 0.0743 e. The van der Waals surface area contributed by atoms with Gasteiger partial charge in [0.05, 0.1) is 23.1 Å². The van der Waals surface area contributed by atoms with Crippen LogP contribution >= 0.6 is 15.9 Å². The van der Waals surface area contributed by atoms with Crippen molar-refractivity contribution >= 4 is 38.2 Å². The summed E-state index contributed by atoms with van der Waals surface area (Å²) in [5.74, 6) is 0.690. The topological polar surface area (TPSA) is 54.2 Å². The highest BCUT2D eigenvalue weighted by atomic mass is 79.9. The molecule has 1 fully saturated rings. The van der Waals surface area contributed by atoms with Crippen LogP contribution in [0.5, 0.6) is 0 Å². The smallest absolute Gasteiger partial charge is 0.0743 e. The molecule has 0 aliphatic carbocycles. The van der Waals surface area contributed by atoms with Crippen LogP contribution in [0.1, 0.15) is 6.42 Å². The number of hydrogen-bond donors (Lipinski definition) is 2. The van der Waals surface area contributed by atoms with E-state index in [1.54, 1.807) is 6.20 Å². The lowest BCUT2D eigenvalue weighted by Gasteiger charge is -2.16. The number of nitrogens with one attached hydrogen (secondary N) is 1. The molecule has 5 heteroatoms. The third-order valence-corrected chi connectivity index (χ3v) is 4.41. The van der Waals surface area contributed by atoms with E-state index in [1.807, 2.05) is 12.1 Å². The van der Waals surface area contributed by atoms with E-state index >= 15 is 0 Å². The van der Waals surface area contributed by atoms with Crippen LogP contribution in [-0.2, 0) is 0 Å². The van der Waals surface area contributed by atoms with E-state index in [2.05, 4.69) is 44.2 Å². The molecule has 0 bridgehead atoms. The minimum absolute atomic E-state index is 0.690. The van der Waals surface area contributed by atoms with Crippen LogP contribution in [-0.4, -0.2) is 36.6 Å². The van der Waals surface area contributed by atoms with Crippen molar-refractivity contribution in [1.29, 1.82) is 0 Å². The van der Waals surface area contributed by atoms with Gasteiger partial charge in [-0.2, -0.15) is 0 Å². The van der Waals surface area contributed by atoms with Gasteiger partial charge in [-0.25, -0.2) is 0 Å². The van der Waals surface area contributed by atoms with Gasteiger partial charge in [-0.15, -0.1) is 0 Å². The molecule has 3 N–H and O–H groups in total. The van der Waals surface area contributed by atoms with Crippen LogP contribution in [0.2, 0.25) is 0 Å². The molecule has 1 aromatic heterocycles. The molecule has 20 heavy (non-hydrogen) atoms. The number of nitrogens with zero attached hydrogens (tertiary/aromatic N) is 2. The number of pyridine rings is 1. The third-order valence-electron chi connectivity index (χ3n) is 3.92. The van der Waals surface area contributed by atoms with Gasteiger partial charge in [0.25, 0.3) is 0 Å². The molecule has 1 aliphatic rings.